The summed E-state index contributed by atoms with van der Waals surface area (Å²) in [5, 5.41) is 0. The zero-order chi connectivity index (χ0) is 18.8. The van der Waals surface area contributed by atoms with Gasteiger partial charge in [0.1, 0.15) is 0 Å². The summed E-state index contributed by atoms with van der Waals surface area (Å²) in [5.74, 6) is 0.478. The summed E-state index contributed by atoms with van der Waals surface area (Å²) in [7, 11) is 0. The highest BCUT2D eigenvalue weighted by Gasteiger charge is 2.44. The van der Waals surface area contributed by atoms with E-state index in [1.165, 1.54) is 0 Å². The molecule has 0 aromatic carbocycles. The maximum atomic E-state index is 13.0. The van der Waals surface area contributed by atoms with Crippen molar-refractivity contribution in [3.8, 4) is 0 Å². The van der Waals surface area contributed by atoms with E-state index >= 15 is 0 Å². The number of carbonyl (C=O) groups is 2. The molecule has 3 rings (SSSR count). The van der Waals surface area contributed by atoms with E-state index in [4.69, 9.17) is 0 Å². The van der Waals surface area contributed by atoms with E-state index in [0.29, 0.717) is 13.0 Å². The first-order valence-electron chi connectivity index (χ1n) is 9.81. The van der Waals surface area contributed by atoms with Crippen LogP contribution in [-0.4, -0.2) is 46.2 Å². The number of aromatic nitrogens is 1. The Hall–Kier alpha value is -1.91. The number of hydrogen-bond acceptors (Lipinski definition) is 3. The van der Waals surface area contributed by atoms with Crippen molar-refractivity contribution in [3.63, 3.8) is 0 Å². The van der Waals surface area contributed by atoms with Gasteiger partial charge in [-0.25, -0.2) is 0 Å². The van der Waals surface area contributed by atoms with Gasteiger partial charge >= 0.3 is 0 Å². The molecule has 0 radical (unpaired) electrons. The Balaban J connectivity index is 1.72. The lowest BCUT2D eigenvalue weighted by atomic mass is 9.73. The summed E-state index contributed by atoms with van der Waals surface area (Å²) in [4.78, 5) is 33.6. The van der Waals surface area contributed by atoms with Crippen molar-refractivity contribution in [2.24, 2.45) is 10.8 Å². The number of pyridine rings is 1. The Bertz CT molecular complexity index is 658. The van der Waals surface area contributed by atoms with E-state index in [2.05, 4.69) is 16.8 Å². The van der Waals surface area contributed by atoms with E-state index in [9.17, 15) is 9.59 Å². The highest BCUT2D eigenvalue weighted by Crippen LogP contribution is 2.40. The Morgan fingerprint density at radius 2 is 2.12 bits per heavy atom. The third-order valence-electron chi connectivity index (χ3n) is 6.26. The number of likely N-dealkylation sites (tertiary alicyclic amines) is 2. The molecule has 5 heteroatoms. The lowest BCUT2D eigenvalue weighted by Crippen LogP contribution is -2.56. The van der Waals surface area contributed by atoms with Crippen LogP contribution < -0.4 is 0 Å². The molecule has 0 N–H and O–H groups in total. The lowest BCUT2D eigenvalue weighted by molar-refractivity contribution is -0.148. The minimum atomic E-state index is -0.307. The molecule has 26 heavy (non-hydrogen) atoms. The molecule has 2 saturated heterocycles. The van der Waals surface area contributed by atoms with Crippen LogP contribution in [0.15, 0.2) is 24.5 Å². The fourth-order valence-electron chi connectivity index (χ4n) is 4.25. The fraction of sp³-hybridized carbons (Fsp3) is 0.667. The molecule has 2 fully saturated rings. The Morgan fingerprint density at radius 3 is 2.81 bits per heavy atom. The van der Waals surface area contributed by atoms with E-state index in [-0.39, 0.29) is 22.6 Å². The van der Waals surface area contributed by atoms with Crippen LogP contribution in [-0.2, 0) is 16.1 Å². The minimum absolute atomic E-state index is 0.0495. The number of amides is 2. The quantitative estimate of drug-likeness (QED) is 0.831. The minimum Gasteiger partial charge on any atom is -0.342 e. The van der Waals surface area contributed by atoms with Crippen LogP contribution in [0.25, 0.3) is 0 Å². The van der Waals surface area contributed by atoms with Crippen LogP contribution in [0.2, 0.25) is 0 Å². The summed E-state index contributed by atoms with van der Waals surface area (Å²) < 4.78 is 0. The first-order valence-corrected chi connectivity index (χ1v) is 9.81. The first kappa shape index (κ1) is 18.9. The van der Waals surface area contributed by atoms with Crippen LogP contribution in [0.3, 0.4) is 0 Å². The molecular formula is C21H31N3O2. The highest BCUT2D eigenvalue weighted by atomic mass is 16.2. The van der Waals surface area contributed by atoms with Crippen molar-refractivity contribution in [1.29, 1.82) is 0 Å². The molecule has 142 valence electrons. The fourth-order valence-corrected chi connectivity index (χ4v) is 4.25. The van der Waals surface area contributed by atoms with E-state index < -0.39 is 0 Å². The smallest absolute Gasteiger partial charge is 0.228 e. The largest absolute Gasteiger partial charge is 0.342 e. The van der Waals surface area contributed by atoms with Gasteiger partial charge < -0.3 is 9.80 Å². The van der Waals surface area contributed by atoms with Crippen molar-refractivity contribution in [2.45, 2.75) is 59.4 Å². The van der Waals surface area contributed by atoms with Crippen LogP contribution in [0.5, 0.6) is 0 Å². The van der Waals surface area contributed by atoms with Gasteiger partial charge in [0.05, 0.1) is 0 Å². The van der Waals surface area contributed by atoms with Crippen LogP contribution in [0.1, 0.15) is 58.4 Å². The van der Waals surface area contributed by atoms with Gasteiger partial charge in [-0.05, 0) is 37.3 Å². The second kappa shape index (κ2) is 7.37. The van der Waals surface area contributed by atoms with Crippen LogP contribution in [0.4, 0.5) is 0 Å². The SMILES string of the molecule is CCC(C)(C)C(=O)N1CCC[C@]2(CCC(=O)N(Cc3cccnc3)C2)C1. The average Bonchev–Trinajstić information content (AvgIpc) is 2.65. The van der Waals surface area contributed by atoms with Crippen molar-refractivity contribution >= 4 is 11.8 Å². The molecule has 0 saturated carbocycles. The first-order chi connectivity index (χ1) is 12.4. The highest BCUT2D eigenvalue weighted by molar-refractivity contribution is 5.82. The lowest BCUT2D eigenvalue weighted by Gasteiger charge is -2.49. The number of rotatable bonds is 4. The summed E-state index contributed by atoms with van der Waals surface area (Å²) >= 11 is 0. The molecule has 2 amide bonds. The summed E-state index contributed by atoms with van der Waals surface area (Å²) in [5.41, 5.74) is 0.806. The normalized spacial score (nSPS) is 24.2. The second-order valence-corrected chi connectivity index (χ2v) is 8.68. The van der Waals surface area contributed by atoms with Gasteiger partial charge in [-0.15, -0.1) is 0 Å². The number of hydrogen-bond donors (Lipinski definition) is 0. The summed E-state index contributed by atoms with van der Waals surface area (Å²) in [6.45, 7) is 9.14. The van der Waals surface area contributed by atoms with Gasteiger partial charge in [-0.3, -0.25) is 14.6 Å². The molecule has 1 atom stereocenters. The van der Waals surface area contributed by atoms with Crippen LogP contribution in [0, 0.1) is 10.8 Å². The zero-order valence-corrected chi connectivity index (χ0v) is 16.3. The molecule has 0 aliphatic carbocycles. The Kier molecular flexibility index (Phi) is 5.35. The maximum absolute atomic E-state index is 13.0. The molecule has 0 bridgehead atoms. The monoisotopic (exact) mass is 357 g/mol. The zero-order valence-electron chi connectivity index (χ0n) is 16.3. The second-order valence-electron chi connectivity index (χ2n) is 8.68. The molecule has 1 aromatic rings. The van der Waals surface area contributed by atoms with E-state index in [1.807, 2.05) is 37.1 Å². The Morgan fingerprint density at radius 1 is 1.31 bits per heavy atom. The molecule has 1 spiro atoms. The van der Waals surface area contributed by atoms with E-state index in [0.717, 1.165) is 50.9 Å². The molecule has 2 aliphatic rings. The molecule has 0 unspecified atom stereocenters. The van der Waals surface area contributed by atoms with Gasteiger partial charge in [0.15, 0.2) is 0 Å². The number of nitrogens with zero attached hydrogens (tertiary/aromatic N) is 3. The van der Waals surface area contributed by atoms with Crippen molar-refractivity contribution in [2.75, 3.05) is 19.6 Å². The third-order valence-corrected chi connectivity index (χ3v) is 6.26. The predicted octanol–water partition coefficient (Wildman–Crippen LogP) is 3.25. The van der Waals surface area contributed by atoms with Crippen molar-refractivity contribution in [3.05, 3.63) is 30.1 Å². The standard InChI is InChI=1S/C21H31N3O2/c1-4-20(2,3)19(26)23-12-6-9-21(15-23)10-8-18(25)24(16-21)14-17-7-5-11-22-13-17/h5,7,11,13H,4,6,8-10,12,14-16H2,1-3H3/t21-/m0/s1. The molecule has 2 aliphatic heterocycles. The predicted molar refractivity (Wildman–Crippen MR) is 101 cm³/mol. The molecule has 3 heterocycles. The third kappa shape index (κ3) is 3.92. The Labute approximate surface area is 156 Å². The van der Waals surface area contributed by atoms with Gasteiger partial charge in [0, 0.05) is 55.8 Å². The van der Waals surface area contributed by atoms with Gasteiger partial charge in [0.2, 0.25) is 11.8 Å². The van der Waals surface area contributed by atoms with Gasteiger partial charge in [-0.1, -0.05) is 26.8 Å². The molecular weight excluding hydrogens is 326 g/mol. The van der Waals surface area contributed by atoms with Crippen molar-refractivity contribution in [1.82, 2.24) is 14.8 Å². The summed E-state index contributed by atoms with van der Waals surface area (Å²) in [6.07, 6.45) is 8.03. The summed E-state index contributed by atoms with van der Waals surface area (Å²) in [6, 6.07) is 3.93. The van der Waals surface area contributed by atoms with E-state index in [1.54, 1.807) is 6.20 Å². The number of carbonyl (C=O) groups excluding carboxylic acids is 2. The average molecular weight is 357 g/mol. The van der Waals surface area contributed by atoms with Gasteiger partial charge in [-0.2, -0.15) is 0 Å². The maximum Gasteiger partial charge on any atom is 0.228 e. The van der Waals surface area contributed by atoms with Crippen LogP contribution >= 0.6 is 0 Å². The van der Waals surface area contributed by atoms with Gasteiger partial charge in [0.25, 0.3) is 0 Å². The van der Waals surface area contributed by atoms with Crippen molar-refractivity contribution < 1.29 is 9.59 Å². The molecule has 5 nitrogen and oxygen atoms in total. The topological polar surface area (TPSA) is 53.5 Å². The molecule has 1 aromatic heterocycles. The number of piperidine rings is 2.